The minimum absolute atomic E-state index is 0.0159. The molecule has 1 aromatic rings. The molecule has 0 N–H and O–H groups in total. The Morgan fingerprint density at radius 1 is 1.62 bits per heavy atom. The van der Waals surface area contributed by atoms with Gasteiger partial charge >= 0.3 is 6.03 Å². The van der Waals surface area contributed by atoms with Gasteiger partial charge in [-0.2, -0.15) is 0 Å². The third-order valence-electron chi connectivity index (χ3n) is 3.21. The van der Waals surface area contributed by atoms with Gasteiger partial charge in [0.15, 0.2) is 0 Å². The second kappa shape index (κ2) is 4.65. The topological polar surface area (TPSA) is 41.4 Å². The molecule has 1 atom stereocenters. The van der Waals surface area contributed by atoms with E-state index in [1.165, 1.54) is 23.7 Å². The van der Waals surface area contributed by atoms with Crippen LogP contribution >= 0.6 is 0 Å². The molecule has 1 aromatic heterocycles. The van der Waals surface area contributed by atoms with E-state index in [0.29, 0.717) is 6.04 Å². The summed E-state index contributed by atoms with van der Waals surface area (Å²) in [6.07, 6.45) is 7.24. The number of aromatic nitrogens is 2. The fourth-order valence-corrected chi connectivity index (χ4v) is 2.17. The van der Waals surface area contributed by atoms with Crippen molar-refractivity contribution in [1.29, 1.82) is 0 Å². The molecule has 88 valence electrons. The van der Waals surface area contributed by atoms with Crippen molar-refractivity contribution in [3.8, 4) is 0 Å². The summed E-state index contributed by atoms with van der Waals surface area (Å²) in [6, 6.07) is 0.482. The first-order chi connectivity index (χ1) is 7.68. The zero-order chi connectivity index (χ0) is 11.5. The normalized spacial score (nSPS) is 21.2. The number of rotatable bonds is 2. The number of carbonyl (C=O) groups is 1. The van der Waals surface area contributed by atoms with Gasteiger partial charge in [-0.05, 0) is 26.4 Å². The lowest BCUT2D eigenvalue weighted by Crippen LogP contribution is -2.40. The second-order valence-corrected chi connectivity index (χ2v) is 4.41. The molecule has 5 heteroatoms. The first-order valence-corrected chi connectivity index (χ1v) is 5.62. The lowest BCUT2D eigenvalue weighted by molar-refractivity contribution is 0.191. The average molecular weight is 222 g/mol. The summed E-state index contributed by atoms with van der Waals surface area (Å²) in [5, 5.41) is 0. The van der Waals surface area contributed by atoms with Gasteiger partial charge in [-0.25, -0.2) is 9.78 Å². The maximum Gasteiger partial charge on any atom is 0.329 e. The van der Waals surface area contributed by atoms with E-state index in [-0.39, 0.29) is 6.03 Å². The summed E-state index contributed by atoms with van der Waals surface area (Å²) in [6.45, 7) is 1.92. The quantitative estimate of drug-likeness (QED) is 0.746. The smallest absolute Gasteiger partial charge is 0.326 e. The summed E-state index contributed by atoms with van der Waals surface area (Å²) in [7, 11) is 3.96. The van der Waals surface area contributed by atoms with E-state index >= 15 is 0 Å². The molecule has 0 aromatic carbocycles. The number of likely N-dealkylation sites (tertiary alicyclic amines) is 1. The maximum atomic E-state index is 11.9. The second-order valence-electron chi connectivity index (χ2n) is 4.41. The van der Waals surface area contributed by atoms with Crippen molar-refractivity contribution in [3.05, 3.63) is 18.7 Å². The van der Waals surface area contributed by atoms with Crippen LogP contribution in [0.1, 0.15) is 12.8 Å². The molecule has 1 saturated heterocycles. The first-order valence-electron chi connectivity index (χ1n) is 5.62. The molecule has 0 radical (unpaired) electrons. The zero-order valence-corrected chi connectivity index (χ0v) is 9.83. The summed E-state index contributed by atoms with van der Waals surface area (Å²) < 4.78 is 1.51. The van der Waals surface area contributed by atoms with E-state index in [0.717, 1.165) is 13.1 Å². The molecule has 0 spiro atoms. The number of amides is 1. The van der Waals surface area contributed by atoms with Crippen LogP contribution < -0.4 is 0 Å². The predicted octanol–water partition coefficient (Wildman–Crippen LogP) is 0.877. The van der Waals surface area contributed by atoms with Gasteiger partial charge in [0.25, 0.3) is 0 Å². The number of imidazole rings is 1. The van der Waals surface area contributed by atoms with Crippen molar-refractivity contribution >= 4 is 6.03 Å². The third kappa shape index (κ3) is 2.24. The lowest BCUT2D eigenvalue weighted by atomic mass is 10.2. The van der Waals surface area contributed by atoms with Crippen LogP contribution in [0.15, 0.2) is 18.7 Å². The van der Waals surface area contributed by atoms with Crippen molar-refractivity contribution in [3.63, 3.8) is 0 Å². The standard InChI is InChI=1S/C11H18N4O/c1-13-6-3-4-10(13)8-14(2)11(16)15-7-5-12-9-15/h5,7,9-10H,3-4,6,8H2,1-2H3. The Balaban J connectivity index is 1.93. The van der Waals surface area contributed by atoms with E-state index in [2.05, 4.69) is 16.9 Å². The van der Waals surface area contributed by atoms with Crippen LogP contribution in [0, 0.1) is 0 Å². The van der Waals surface area contributed by atoms with Crippen LogP contribution in [0.2, 0.25) is 0 Å². The van der Waals surface area contributed by atoms with Gasteiger partial charge in [0, 0.05) is 32.0 Å². The predicted molar refractivity (Wildman–Crippen MR) is 61.3 cm³/mol. The molecule has 0 bridgehead atoms. The van der Waals surface area contributed by atoms with Gasteiger partial charge in [-0.3, -0.25) is 4.57 Å². The van der Waals surface area contributed by atoms with Crippen molar-refractivity contribution in [1.82, 2.24) is 19.4 Å². The van der Waals surface area contributed by atoms with Crippen molar-refractivity contribution in [2.45, 2.75) is 18.9 Å². The zero-order valence-electron chi connectivity index (χ0n) is 9.83. The highest BCUT2D eigenvalue weighted by molar-refractivity contribution is 5.76. The van der Waals surface area contributed by atoms with Crippen LogP contribution in [0.4, 0.5) is 4.79 Å². The van der Waals surface area contributed by atoms with Gasteiger partial charge in [0.1, 0.15) is 6.33 Å². The molecular weight excluding hydrogens is 204 g/mol. The van der Waals surface area contributed by atoms with E-state index in [1.807, 2.05) is 7.05 Å². The Morgan fingerprint density at radius 2 is 2.44 bits per heavy atom. The van der Waals surface area contributed by atoms with E-state index in [9.17, 15) is 4.79 Å². The Kier molecular flexibility index (Phi) is 3.24. The van der Waals surface area contributed by atoms with E-state index in [4.69, 9.17) is 0 Å². The van der Waals surface area contributed by atoms with Crippen LogP contribution in [-0.4, -0.2) is 58.6 Å². The van der Waals surface area contributed by atoms with Crippen molar-refractivity contribution in [2.24, 2.45) is 0 Å². The summed E-state index contributed by atoms with van der Waals surface area (Å²) in [5.74, 6) is 0. The Hall–Kier alpha value is -1.36. The highest BCUT2D eigenvalue weighted by atomic mass is 16.2. The van der Waals surface area contributed by atoms with E-state index < -0.39 is 0 Å². The fraction of sp³-hybridized carbons (Fsp3) is 0.636. The van der Waals surface area contributed by atoms with Gasteiger partial charge in [-0.15, -0.1) is 0 Å². The molecular formula is C11H18N4O. The van der Waals surface area contributed by atoms with Crippen LogP contribution in [0.5, 0.6) is 0 Å². The van der Waals surface area contributed by atoms with Gasteiger partial charge in [0.05, 0.1) is 0 Å². The molecule has 0 aliphatic carbocycles. The first kappa shape index (κ1) is 11.1. The molecule has 16 heavy (non-hydrogen) atoms. The SMILES string of the molecule is CN(CC1CCCN1C)C(=O)n1ccnc1. The molecule has 1 aliphatic heterocycles. The number of hydrogen-bond acceptors (Lipinski definition) is 3. The van der Waals surface area contributed by atoms with Gasteiger partial charge in [-0.1, -0.05) is 0 Å². The molecule has 1 amide bonds. The maximum absolute atomic E-state index is 11.9. The molecule has 2 heterocycles. The highest BCUT2D eigenvalue weighted by Gasteiger charge is 2.24. The van der Waals surface area contributed by atoms with Crippen molar-refractivity contribution in [2.75, 3.05) is 27.2 Å². The van der Waals surface area contributed by atoms with Crippen LogP contribution in [0.3, 0.4) is 0 Å². The number of hydrogen-bond donors (Lipinski definition) is 0. The number of nitrogens with zero attached hydrogens (tertiary/aromatic N) is 4. The molecule has 2 rings (SSSR count). The third-order valence-corrected chi connectivity index (χ3v) is 3.21. The molecule has 5 nitrogen and oxygen atoms in total. The van der Waals surface area contributed by atoms with Crippen LogP contribution in [-0.2, 0) is 0 Å². The molecule has 1 unspecified atom stereocenters. The molecule has 1 aliphatic rings. The number of likely N-dealkylation sites (N-methyl/N-ethyl adjacent to an activating group) is 2. The lowest BCUT2D eigenvalue weighted by Gasteiger charge is -2.25. The summed E-state index contributed by atoms with van der Waals surface area (Å²) in [5.41, 5.74) is 0. The van der Waals surface area contributed by atoms with Gasteiger partial charge < -0.3 is 9.80 Å². The minimum atomic E-state index is -0.0159. The van der Waals surface area contributed by atoms with Gasteiger partial charge in [0.2, 0.25) is 0 Å². The highest BCUT2D eigenvalue weighted by Crippen LogP contribution is 2.15. The average Bonchev–Trinajstić information content (AvgIpc) is 2.89. The fourth-order valence-electron chi connectivity index (χ4n) is 2.17. The van der Waals surface area contributed by atoms with E-state index in [1.54, 1.807) is 17.3 Å². The largest absolute Gasteiger partial charge is 0.329 e. The van der Waals surface area contributed by atoms with Crippen LogP contribution in [0.25, 0.3) is 0 Å². The van der Waals surface area contributed by atoms with Crippen molar-refractivity contribution < 1.29 is 4.79 Å². The molecule has 0 saturated carbocycles. The Bertz CT molecular complexity index is 349. The number of carbonyl (C=O) groups excluding carboxylic acids is 1. The Morgan fingerprint density at radius 3 is 3.00 bits per heavy atom. The Labute approximate surface area is 95.7 Å². The summed E-state index contributed by atoms with van der Waals surface area (Å²) in [4.78, 5) is 19.9. The minimum Gasteiger partial charge on any atom is -0.326 e. The monoisotopic (exact) mass is 222 g/mol. The molecule has 1 fully saturated rings. The summed E-state index contributed by atoms with van der Waals surface area (Å²) >= 11 is 0.